The molecule has 2 aliphatic rings. The topological polar surface area (TPSA) is 120 Å². The first-order chi connectivity index (χ1) is 16.5. The number of nitrogens with zero attached hydrogens (tertiary/aromatic N) is 3. The van der Waals surface area contributed by atoms with Gasteiger partial charge in [0.15, 0.2) is 0 Å². The van der Waals surface area contributed by atoms with Gasteiger partial charge in [0.05, 0.1) is 41.6 Å². The lowest BCUT2D eigenvalue weighted by Crippen LogP contribution is -2.53. The molecule has 0 unspecified atom stereocenters. The molecule has 9 heteroatoms. The summed E-state index contributed by atoms with van der Waals surface area (Å²) in [6.45, 7) is 3.15. The van der Waals surface area contributed by atoms with Gasteiger partial charge in [0, 0.05) is 43.3 Å². The highest BCUT2D eigenvalue weighted by molar-refractivity contribution is 6.05. The lowest BCUT2D eigenvalue weighted by Gasteiger charge is -2.46. The van der Waals surface area contributed by atoms with Crippen LogP contribution in [0.2, 0.25) is 0 Å². The second-order valence-corrected chi connectivity index (χ2v) is 8.71. The number of amides is 2. The van der Waals surface area contributed by atoms with Crippen LogP contribution in [0.3, 0.4) is 0 Å². The van der Waals surface area contributed by atoms with E-state index in [1.54, 1.807) is 42.3 Å². The van der Waals surface area contributed by atoms with Gasteiger partial charge in [-0.25, -0.2) is 4.79 Å². The number of hydrogen-bond acceptors (Lipinski definition) is 6. The minimum atomic E-state index is -0.526. The number of rotatable bonds is 3. The van der Waals surface area contributed by atoms with E-state index >= 15 is 0 Å². The number of likely N-dealkylation sites (tertiary alicyclic amines) is 1. The smallest absolute Gasteiger partial charge is 0.409 e. The highest BCUT2D eigenvalue weighted by atomic mass is 16.6. The summed E-state index contributed by atoms with van der Waals surface area (Å²) in [6, 6.07) is 12.6. The van der Waals surface area contributed by atoms with Gasteiger partial charge in [0.25, 0.3) is 5.91 Å². The second-order valence-electron chi connectivity index (χ2n) is 8.71. The molecule has 2 amide bonds. The van der Waals surface area contributed by atoms with Crippen LogP contribution in [0, 0.1) is 11.3 Å². The summed E-state index contributed by atoms with van der Waals surface area (Å²) in [5, 5.41) is 20.4. The van der Waals surface area contributed by atoms with Gasteiger partial charge in [-0.15, -0.1) is 0 Å². The minimum Gasteiger partial charge on any atom is -0.487 e. The molecule has 34 heavy (non-hydrogen) atoms. The van der Waals surface area contributed by atoms with E-state index in [2.05, 4.69) is 21.6 Å². The minimum absolute atomic E-state index is 0.228. The molecule has 1 aromatic heterocycles. The molecule has 5 rings (SSSR count). The van der Waals surface area contributed by atoms with Crippen LogP contribution in [0.4, 0.5) is 4.79 Å². The Bertz CT molecular complexity index is 1290. The number of H-pyrrole nitrogens is 1. The van der Waals surface area contributed by atoms with E-state index in [0.717, 1.165) is 10.9 Å². The second kappa shape index (κ2) is 8.71. The molecule has 1 spiro atoms. The average molecular weight is 460 g/mol. The van der Waals surface area contributed by atoms with Crippen LogP contribution in [0.15, 0.2) is 42.6 Å². The Morgan fingerprint density at radius 2 is 2.15 bits per heavy atom. The van der Waals surface area contributed by atoms with Crippen LogP contribution in [-0.4, -0.2) is 52.4 Å². The standard InChI is InChI=1S/C25H25N5O4/c1-2-33-24(32)30-10-8-25(9-11-30)13-20(19-12-16(14-26)6-7-21(19)34-25)28-23(31)18-5-3-4-17-15-27-29-22(17)18/h3-7,12,15,20H,2,8-11,13H2,1H3,(H,27,29)(H,28,31)/t20-/m0/s1. The summed E-state index contributed by atoms with van der Waals surface area (Å²) in [4.78, 5) is 27.2. The number of nitrogens with one attached hydrogen (secondary N) is 2. The SMILES string of the molecule is CCOC(=O)N1CCC2(CC1)C[C@H](NC(=O)c1cccc3cn[nH]c13)c1cc(C#N)ccc1O2. The summed E-state index contributed by atoms with van der Waals surface area (Å²) >= 11 is 0. The van der Waals surface area contributed by atoms with Crippen molar-refractivity contribution in [1.29, 1.82) is 5.26 Å². The maximum absolute atomic E-state index is 13.3. The van der Waals surface area contributed by atoms with Crippen molar-refractivity contribution in [3.8, 4) is 11.8 Å². The molecule has 1 atom stereocenters. The van der Waals surface area contributed by atoms with Gasteiger partial charge in [-0.3, -0.25) is 9.89 Å². The zero-order valence-electron chi connectivity index (χ0n) is 18.8. The molecule has 2 aliphatic heterocycles. The molecule has 9 nitrogen and oxygen atoms in total. The maximum atomic E-state index is 13.3. The summed E-state index contributed by atoms with van der Waals surface area (Å²) in [7, 11) is 0. The number of nitriles is 1. The van der Waals surface area contributed by atoms with Gasteiger partial charge in [-0.05, 0) is 31.2 Å². The van der Waals surface area contributed by atoms with Crippen molar-refractivity contribution in [2.75, 3.05) is 19.7 Å². The van der Waals surface area contributed by atoms with E-state index < -0.39 is 5.60 Å². The van der Waals surface area contributed by atoms with Crippen LogP contribution in [0.25, 0.3) is 10.9 Å². The van der Waals surface area contributed by atoms with E-state index in [1.807, 2.05) is 12.1 Å². The van der Waals surface area contributed by atoms with E-state index in [-0.39, 0.29) is 18.0 Å². The third-order valence-electron chi connectivity index (χ3n) is 6.64. The molecule has 0 radical (unpaired) electrons. The number of aromatic nitrogens is 2. The molecular formula is C25H25N5O4. The fourth-order valence-corrected chi connectivity index (χ4v) is 4.88. The lowest BCUT2D eigenvalue weighted by atomic mass is 9.80. The van der Waals surface area contributed by atoms with Gasteiger partial charge in [-0.2, -0.15) is 10.4 Å². The molecule has 0 bridgehead atoms. The maximum Gasteiger partial charge on any atom is 0.409 e. The fraction of sp³-hybridized carbons (Fsp3) is 0.360. The Balaban J connectivity index is 1.43. The molecule has 3 heterocycles. The Kier molecular flexibility index (Phi) is 5.57. The van der Waals surface area contributed by atoms with Crippen molar-refractivity contribution in [1.82, 2.24) is 20.4 Å². The largest absolute Gasteiger partial charge is 0.487 e. The average Bonchev–Trinajstić information content (AvgIpc) is 3.33. The highest BCUT2D eigenvalue weighted by Gasteiger charge is 2.45. The zero-order chi connectivity index (χ0) is 23.7. The van der Waals surface area contributed by atoms with Gasteiger partial charge in [-0.1, -0.05) is 12.1 Å². The first-order valence-corrected chi connectivity index (χ1v) is 11.4. The van der Waals surface area contributed by atoms with E-state index in [4.69, 9.17) is 9.47 Å². The number of piperidine rings is 1. The number of hydrogen-bond donors (Lipinski definition) is 2. The number of para-hydroxylation sites is 1. The van der Waals surface area contributed by atoms with Gasteiger partial charge in [0.2, 0.25) is 0 Å². The predicted molar refractivity (Wildman–Crippen MR) is 123 cm³/mol. The number of aromatic amines is 1. The van der Waals surface area contributed by atoms with Gasteiger partial charge < -0.3 is 19.7 Å². The van der Waals surface area contributed by atoms with Crippen molar-refractivity contribution in [3.63, 3.8) is 0 Å². The predicted octanol–water partition coefficient (Wildman–Crippen LogP) is 3.68. The number of ether oxygens (including phenoxy) is 2. The summed E-state index contributed by atoms with van der Waals surface area (Å²) in [6.07, 6.45) is 3.14. The van der Waals surface area contributed by atoms with Crippen molar-refractivity contribution in [2.24, 2.45) is 0 Å². The van der Waals surface area contributed by atoms with Crippen LogP contribution < -0.4 is 10.1 Å². The van der Waals surface area contributed by atoms with Gasteiger partial charge in [0.1, 0.15) is 11.4 Å². The lowest BCUT2D eigenvalue weighted by molar-refractivity contribution is -0.0233. The molecule has 1 fully saturated rings. The molecule has 0 aliphatic carbocycles. The van der Waals surface area contributed by atoms with E-state index in [1.165, 1.54) is 0 Å². The third kappa shape index (κ3) is 3.92. The summed E-state index contributed by atoms with van der Waals surface area (Å²) in [5.74, 6) is 0.425. The number of carbonyl (C=O) groups is 2. The van der Waals surface area contributed by atoms with E-state index in [9.17, 15) is 14.9 Å². The van der Waals surface area contributed by atoms with Crippen molar-refractivity contribution < 1.29 is 19.1 Å². The quantitative estimate of drug-likeness (QED) is 0.616. The monoisotopic (exact) mass is 459 g/mol. The van der Waals surface area contributed by atoms with Crippen LogP contribution in [-0.2, 0) is 4.74 Å². The van der Waals surface area contributed by atoms with E-state index in [0.29, 0.717) is 61.4 Å². The molecule has 2 N–H and O–H groups in total. The molecule has 3 aromatic rings. The van der Waals surface area contributed by atoms with Crippen molar-refractivity contribution in [3.05, 3.63) is 59.3 Å². The number of carbonyl (C=O) groups excluding carboxylic acids is 2. The summed E-state index contributed by atoms with van der Waals surface area (Å²) < 4.78 is 11.6. The van der Waals surface area contributed by atoms with Gasteiger partial charge >= 0.3 is 6.09 Å². The molecular weight excluding hydrogens is 434 g/mol. The first kappa shape index (κ1) is 21.8. The van der Waals surface area contributed by atoms with Crippen LogP contribution in [0.5, 0.6) is 5.75 Å². The molecule has 2 aromatic carbocycles. The number of fused-ring (bicyclic) bond motifs is 2. The zero-order valence-corrected chi connectivity index (χ0v) is 18.8. The Labute approximate surface area is 196 Å². The highest BCUT2D eigenvalue weighted by Crippen LogP contribution is 2.45. The Morgan fingerprint density at radius 3 is 2.91 bits per heavy atom. The number of benzene rings is 2. The van der Waals surface area contributed by atoms with Crippen molar-refractivity contribution >= 4 is 22.9 Å². The van der Waals surface area contributed by atoms with Crippen LogP contribution >= 0.6 is 0 Å². The normalized spacial score (nSPS) is 18.6. The molecule has 174 valence electrons. The Hall–Kier alpha value is -4.06. The fourth-order valence-electron chi connectivity index (χ4n) is 4.88. The van der Waals surface area contributed by atoms with Crippen LogP contribution in [0.1, 0.15) is 53.7 Å². The molecule has 1 saturated heterocycles. The Morgan fingerprint density at radius 1 is 1.32 bits per heavy atom. The molecule has 0 saturated carbocycles. The van der Waals surface area contributed by atoms with Crippen molar-refractivity contribution in [2.45, 2.75) is 37.8 Å². The summed E-state index contributed by atoms with van der Waals surface area (Å²) in [5.41, 5.74) is 1.94. The third-order valence-corrected chi connectivity index (χ3v) is 6.64. The first-order valence-electron chi connectivity index (χ1n) is 11.4.